The van der Waals surface area contributed by atoms with Gasteiger partial charge in [0.05, 0.1) is 24.4 Å². The van der Waals surface area contributed by atoms with Gasteiger partial charge < -0.3 is 18.9 Å². The van der Waals surface area contributed by atoms with E-state index in [1.54, 1.807) is 25.7 Å². The summed E-state index contributed by atoms with van der Waals surface area (Å²) in [5.74, 6) is 10.9. The summed E-state index contributed by atoms with van der Waals surface area (Å²) in [5.41, 5.74) is 0. The third-order valence-corrected chi connectivity index (χ3v) is 29.0. The van der Waals surface area contributed by atoms with Gasteiger partial charge in [-0.3, -0.25) is 9.80 Å². The monoisotopic (exact) mass is 1280 g/mol. The summed E-state index contributed by atoms with van der Waals surface area (Å²) in [6, 6.07) is 4.67. The second-order valence-electron chi connectivity index (χ2n) is 35.1. The van der Waals surface area contributed by atoms with Crippen LogP contribution in [0.2, 0.25) is 0 Å². The Labute approximate surface area is 572 Å². The van der Waals surface area contributed by atoms with Crippen LogP contribution in [0, 0.1) is 71.0 Å². The molecule has 0 aromatic carbocycles. The van der Waals surface area contributed by atoms with E-state index in [0.717, 1.165) is 134 Å². The van der Waals surface area contributed by atoms with Gasteiger partial charge in [-0.2, -0.15) is 0 Å². The van der Waals surface area contributed by atoms with Crippen LogP contribution in [0.4, 0.5) is 0 Å². The Kier molecular flexibility index (Phi) is 33.1. The molecule has 10 aliphatic carbocycles. The minimum absolute atomic E-state index is 0.493. The van der Waals surface area contributed by atoms with E-state index in [-0.39, 0.29) is 0 Å². The maximum atomic E-state index is 6.89. The summed E-state index contributed by atoms with van der Waals surface area (Å²) in [5, 5.41) is 0. The lowest BCUT2D eigenvalue weighted by Crippen LogP contribution is -2.67. The number of ether oxygens (including phenoxy) is 4. The fraction of sp³-hybridized carbons (Fsp3) is 1.00. The summed E-state index contributed by atoms with van der Waals surface area (Å²) < 4.78 is 27.5. The Morgan fingerprint density at radius 1 is 0.239 bits per heavy atom. The largest absolute Gasteiger partial charge is 0.378 e. The van der Waals surface area contributed by atoms with Gasteiger partial charge in [-0.25, -0.2) is 0 Å². The van der Waals surface area contributed by atoms with Crippen molar-refractivity contribution in [2.45, 2.75) is 449 Å². The molecule has 0 heterocycles. The molecular weight excluding hydrogens is 1120 g/mol. The molecule has 0 bridgehead atoms. The standard InChI is InChI=1S/C86H156N2O4/c1-7-11-15-19-23-27-59-89-73-47-35-67(36-48-73)81-63-83(87(69-39-31-65(5)32-40-69)71-43-51-75(52-44-71)91-61-29-25-21-17-13-9-3)79-58-56-78-82(68-37-49-74(50-38-68)90-60-28-24-20-16-12-8-2)64-84(80-57-55-77(81)85(79)86(78)80)88(70-41-33-66(6)34-42-70)72-45-53-76(54-46-72)92-62-30-26-22-18-14-10-4/h65-86H,7-64H2,1-6H3. The first-order chi connectivity index (χ1) is 45.3. The SMILES string of the molecule is CCCCCCCCOC1CCC(C2CC(N(C3CCC(C)CC3)C3CCC(OCCCCCCCC)CC3)C3CCC4C(C5CCC(OCCCCCCCC)CC5)CC(N(C5CCC(C)CC5)C5CCC(OCCCCCCCC)CC5)C5CCC2C3C45)CC1. The first-order valence-corrected chi connectivity index (χ1v) is 43.4. The van der Waals surface area contributed by atoms with Crippen LogP contribution in [0.1, 0.15) is 388 Å². The molecule has 0 radical (unpaired) electrons. The van der Waals surface area contributed by atoms with E-state index >= 15 is 0 Å². The summed E-state index contributed by atoms with van der Waals surface area (Å²) in [4.78, 5) is 7.02. The van der Waals surface area contributed by atoms with Crippen LogP contribution < -0.4 is 0 Å². The molecule has 0 N–H and O–H groups in total. The zero-order valence-corrected chi connectivity index (χ0v) is 62.2. The van der Waals surface area contributed by atoms with Crippen molar-refractivity contribution in [3.63, 3.8) is 0 Å². The van der Waals surface area contributed by atoms with E-state index in [9.17, 15) is 0 Å². The highest BCUT2D eigenvalue weighted by molar-refractivity contribution is 5.14. The molecule has 10 unspecified atom stereocenters. The Morgan fingerprint density at radius 3 is 0.761 bits per heavy atom. The molecular formula is C86H156N2O4. The van der Waals surface area contributed by atoms with Crippen molar-refractivity contribution in [2.24, 2.45) is 71.0 Å². The lowest BCUT2D eigenvalue weighted by molar-refractivity contribution is -0.192. The predicted octanol–water partition coefficient (Wildman–Crippen LogP) is 24.1. The molecule has 10 aliphatic rings. The number of hydrogen-bond donors (Lipinski definition) is 0. The van der Waals surface area contributed by atoms with Crippen molar-refractivity contribution in [1.29, 1.82) is 0 Å². The predicted molar refractivity (Wildman–Crippen MR) is 391 cm³/mol. The van der Waals surface area contributed by atoms with Gasteiger partial charge in [-0.15, -0.1) is 0 Å². The number of rotatable bonds is 40. The fourth-order valence-corrected chi connectivity index (χ4v) is 23.9. The molecule has 10 atom stereocenters. The molecule has 10 rings (SSSR count). The van der Waals surface area contributed by atoms with Gasteiger partial charge in [0.15, 0.2) is 0 Å². The first kappa shape index (κ1) is 74.5. The molecule has 0 spiro atoms. The van der Waals surface area contributed by atoms with E-state index in [1.165, 1.54) is 321 Å². The Balaban J connectivity index is 0.933. The van der Waals surface area contributed by atoms with Crippen LogP contribution in [-0.4, -0.2) is 96.9 Å². The van der Waals surface area contributed by atoms with Gasteiger partial charge in [-0.05, 0) is 289 Å². The van der Waals surface area contributed by atoms with E-state index in [0.29, 0.717) is 24.4 Å². The number of hydrogen-bond acceptors (Lipinski definition) is 6. The number of nitrogens with zero attached hydrogens (tertiary/aromatic N) is 2. The third-order valence-electron chi connectivity index (χ3n) is 29.0. The zero-order valence-electron chi connectivity index (χ0n) is 62.2. The van der Waals surface area contributed by atoms with Gasteiger partial charge >= 0.3 is 0 Å². The molecule has 0 aromatic heterocycles. The van der Waals surface area contributed by atoms with E-state index in [4.69, 9.17) is 18.9 Å². The van der Waals surface area contributed by atoms with E-state index in [1.807, 2.05) is 0 Å². The van der Waals surface area contributed by atoms with Crippen molar-refractivity contribution in [3.05, 3.63) is 0 Å². The Hall–Kier alpha value is -0.240. The second-order valence-corrected chi connectivity index (χ2v) is 35.1. The minimum Gasteiger partial charge on any atom is -0.378 e. The maximum absolute atomic E-state index is 6.89. The quantitative estimate of drug-likeness (QED) is 0.0570. The summed E-state index contributed by atoms with van der Waals surface area (Å²) >= 11 is 0. The van der Waals surface area contributed by atoms with Crippen LogP contribution in [-0.2, 0) is 18.9 Å². The molecule has 6 nitrogen and oxygen atoms in total. The smallest absolute Gasteiger partial charge is 0.0576 e. The normalized spacial score (nSPS) is 38.6. The lowest BCUT2D eigenvalue weighted by atomic mass is 9.41. The van der Waals surface area contributed by atoms with Crippen molar-refractivity contribution in [1.82, 2.24) is 9.80 Å². The van der Waals surface area contributed by atoms with Crippen LogP contribution in [0.15, 0.2) is 0 Å². The maximum Gasteiger partial charge on any atom is 0.0576 e. The minimum atomic E-state index is 0.493. The van der Waals surface area contributed by atoms with Crippen LogP contribution in [0.25, 0.3) is 0 Å². The average molecular weight is 1280 g/mol. The average Bonchev–Trinajstić information content (AvgIpc) is 0.707. The number of unbranched alkanes of at least 4 members (excludes halogenated alkanes) is 20. The van der Waals surface area contributed by atoms with Crippen LogP contribution >= 0.6 is 0 Å². The molecule has 534 valence electrons. The van der Waals surface area contributed by atoms with E-state index < -0.39 is 0 Å². The molecule has 92 heavy (non-hydrogen) atoms. The second kappa shape index (κ2) is 40.9. The highest BCUT2D eigenvalue weighted by Gasteiger charge is 2.63. The third kappa shape index (κ3) is 21.4. The van der Waals surface area contributed by atoms with Gasteiger partial charge in [0, 0.05) is 62.7 Å². The van der Waals surface area contributed by atoms with Gasteiger partial charge in [0.2, 0.25) is 0 Å². The topological polar surface area (TPSA) is 43.4 Å². The summed E-state index contributed by atoms with van der Waals surface area (Å²) in [7, 11) is 0. The molecule has 0 amide bonds. The Morgan fingerprint density at radius 2 is 0.478 bits per heavy atom. The van der Waals surface area contributed by atoms with Crippen molar-refractivity contribution >= 4 is 0 Å². The van der Waals surface area contributed by atoms with Gasteiger partial charge in [-0.1, -0.05) is 170 Å². The molecule has 0 aromatic rings. The molecule has 10 fully saturated rings. The zero-order chi connectivity index (χ0) is 63.7. The van der Waals surface area contributed by atoms with Crippen molar-refractivity contribution < 1.29 is 18.9 Å². The highest BCUT2D eigenvalue weighted by Crippen LogP contribution is 2.67. The fourth-order valence-electron chi connectivity index (χ4n) is 23.9. The summed E-state index contributed by atoms with van der Waals surface area (Å²) in [6.45, 7) is 18.6. The molecule has 6 heteroatoms. The lowest BCUT2D eigenvalue weighted by Gasteiger charge is -2.68. The van der Waals surface area contributed by atoms with Crippen molar-refractivity contribution in [2.75, 3.05) is 26.4 Å². The highest BCUT2D eigenvalue weighted by atomic mass is 16.5. The Bertz CT molecular complexity index is 1750. The van der Waals surface area contributed by atoms with Gasteiger partial charge in [0.1, 0.15) is 0 Å². The van der Waals surface area contributed by atoms with Gasteiger partial charge in [0.25, 0.3) is 0 Å². The van der Waals surface area contributed by atoms with Crippen LogP contribution in [0.5, 0.6) is 0 Å². The first-order valence-electron chi connectivity index (χ1n) is 43.4. The molecule has 0 aliphatic heterocycles. The summed E-state index contributed by atoms with van der Waals surface area (Å²) in [6.07, 6.45) is 77.6. The van der Waals surface area contributed by atoms with Crippen molar-refractivity contribution in [3.8, 4) is 0 Å². The molecule has 0 saturated heterocycles. The molecule has 10 saturated carbocycles. The van der Waals surface area contributed by atoms with E-state index in [2.05, 4.69) is 51.3 Å². The van der Waals surface area contributed by atoms with Crippen LogP contribution in [0.3, 0.4) is 0 Å².